The Balaban J connectivity index is 2.05. The Morgan fingerprint density at radius 1 is 1.29 bits per heavy atom. The number of hydrogen-bond donors (Lipinski definition) is 0. The summed E-state index contributed by atoms with van der Waals surface area (Å²) in [6.07, 6.45) is 6.51. The molecule has 0 unspecified atom stereocenters. The molecule has 0 saturated heterocycles. The minimum absolute atomic E-state index is 0.107. The molecular weight excluding hydrogens is 210 g/mol. The first-order valence-electron chi connectivity index (χ1n) is 5.97. The molecule has 0 fully saturated rings. The van der Waals surface area contributed by atoms with Gasteiger partial charge in [-0.05, 0) is 30.6 Å². The molecule has 1 amide bonds. The van der Waals surface area contributed by atoms with E-state index in [1.54, 1.807) is 12.2 Å². The lowest BCUT2D eigenvalue weighted by atomic mass is 9.99. The number of nitrogens with zero attached hydrogens (tertiary/aromatic N) is 1. The van der Waals surface area contributed by atoms with E-state index < -0.39 is 0 Å². The zero-order valence-corrected chi connectivity index (χ0v) is 10.1. The first kappa shape index (κ1) is 11.6. The van der Waals surface area contributed by atoms with Crippen molar-refractivity contribution in [2.75, 3.05) is 13.1 Å². The van der Waals surface area contributed by atoms with Crippen molar-refractivity contribution in [1.29, 1.82) is 0 Å². The predicted octanol–water partition coefficient (Wildman–Crippen LogP) is 2.88. The van der Waals surface area contributed by atoms with Crippen LogP contribution in [0.1, 0.15) is 18.9 Å². The van der Waals surface area contributed by atoms with Gasteiger partial charge in [-0.15, -0.1) is 0 Å². The zero-order chi connectivity index (χ0) is 12.1. The molecule has 0 aromatic heterocycles. The summed E-state index contributed by atoms with van der Waals surface area (Å²) in [6, 6.07) is 10.4. The molecule has 0 radical (unpaired) electrons. The van der Waals surface area contributed by atoms with Crippen molar-refractivity contribution in [2.45, 2.75) is 13.3 Å². The van der Waals surface area contributed by atoms with E-state index in [9.17, 15) is 4.79 Å². The monoisotopic (exact) mass is 227 g/mol. The Kier molecular flexibility index (Phi) is 3.76. The van der Waals surface area contributed by atoms with Crippen LogP contribution in [-0.2, 0) is 4.79 Å². The molecule has 17 heavy (non-hydrogen) atoms. The number of benzene rings is 1. The highest BCUT2D eigenvalue weighted by Gasteiger charge is 2.15. The van der Waals surface area contributed by atoms with Crippen LogP contribution in [0.15, 0.2) is 48.6 Å². The first-order chi connectivity index (χ1) is 8.31. The molecule has 0 spiro atoms. The van der Waals surface area contributed by atoms with E-state index in [4.69, 9.17) is 0 Å². The Morgan fingerprint density at radius 2 is 2.06 bits per heavy atom. The van der Waals surface area contributed by atoms with Crippen LogP contribution in [-0.4, -0.2) is 23.9 Å². The van der Waals surface area contributed by atoms with Gasteiger partial charge in [-0.1, -0.05) is 42.5 Å². The van der Waals surface area contributed by atoms with Gasteiger partial charge in [0.2, 0.25) is 5.91 Å². The van der Waals surface area contributed by atoms with E-state index in [1.165, 1.54) is 11.1 Å². The number of rotatable bonds is 2. The van der Waals surface area contributed by atoms with Gasteiger partial charge in [-0.25, -0.2) is 0 Å². The normalized spacial score (nSPS) is 16.1. The van der Waals surface area contributed by atoms with Crippen LogP contribution in [0.3, 0.4) is 0 Å². The number of carbonyl (C=O) groups is 1. The highest BCUT2D eigenvalue weighted by molar-refractivity contribution is 5.88. The third-order valence-electron chi connectivity index (χ3n) is 2.97. The number of carbonyl (C=O) groups excluding carboxylic acids is 1. The van der Waals surface area contributed by atoms with E-state index >= 15 is 0 Å². The molecule has 0 bridgehead atoms. The maximum absolute atomic E-state index is 11.7. The molecule has 1 heterocycles. The number of amides is 1. The second kappa shape index (κ2) is 5.48. The maximum atomic E-state index is 11.7. The minimum atomic E-state index is 0.107. The maximum Gasteiger partial charge on any atom is 0.246 e. The van der Waals surface area contributed by atoms with Gasteiger partial charge < -0.3 is 4.90 Å². The number of hydrogen-bond acceptors (Lipinski definition) is 1. The highest BCUT2D eigenvalue weighted by Crippen LogP contribution is 2.21. The highest BCUT2D eigenvalue weighted by atomic mass is 16.2. The summed E-state index contributed by atoms with van der Waals surface area (Å²) in [5, 5.41) is 0. The number of allylic oxidation sites excluding steroid dienone is 1. The molecule has 88 valence electrons. The van der Waals surface area contributed by atoms with Crippen LogP contribution < -0.4 is 0 Å². The van der Waals surface area contributed by atoms with Gasteiger partial charge in [0.15, 0.2) is 0 Å². The summed E-state index contributed by atoms with van der Waals surface area (Å²) in [4.78, 5) is 13.5. The van der Waals surface area contributed by atoms with Gasteiger partial charge in [0.25, 0.3) is 0 Å². The lowest BCUT2D eigenvalue weighted by molar-refractivity contribution is -0.125. The van der Waals surface area contributed by atoms with E-state index in [-0.39, 0.29) is 5.91 Å². The van der Waals surface area contributed by atoms with Crippen LogP contribution in [0.5, 0.6) is 0 Å². The summed E-state index contributed by atoms with van der Waals surface area (Å²) in [5.41, 5.74) is 2.61. The fourth-order valence-electron chi connectivity index (χ4n) is 2.03. The third-order valence-corrected chi connectivity index (χ3v) is 2.97. The summed E-state index contributed by atoms with van der Waals surface area (Å²) >= 11 is 0. The molecule has 1 aliphatic heterocycles. The van der Waals surface area contributed by atoms with Crippen LogP contribution in [0.2, 0.25) is 0 Å². The van der Waals surface area contributed by atoms with Crippen molar-refractivity contribution in [2.24, 2.45) is 0 Å². The van der Waals surface area contributed by atoms with Gasteiger partial charge in [0.1, 0.15) is 0 Å². The molecule has 1 aromatic carbocycles. The molecular formula is C15H17NO. The fourth-order valence-corrected chi connectivity index (χ4v) is 2.03. The Morgan fingerprint density at radius 3 is 2.65 bits per heavy atom. The summed E-state index contributed by atoms with van der Waals surface area (Å²) in [5.74, 6) is 0.107. The van der Waals surface area contributed by atoms with Crippen molar-refractivity contribution in [3.63, 3.8) is 0 Å². The average molecular weight is 227 g/mol. The smallest absolute Gasteiger partial charge is 0.246 e. The molecule has 0 saturated carbocycles. The van der Waals surface area contributed by atoms with Crippen LogP contribution in [0.25, 0.3) is 5.57 Å². The van der Waals surface area contributed by atoms with Gasteiger partial charge in [0.05, 0.1) is 0 Å². The molecule has 1 aliphatic rings. The van der Waals surface area contributed by atoms with E-state index in [2.05, 4.69) is 18.2 Å². The standard InChI is InChI=1S/C15H17NO/c1-2-6-15(17)16-11-9-14(10-12-16)13-7-4-3-5-8-13/h2-9H,10-12H2,1H3/b6-2+. The molecule has 2 heteroatoms. The minimum Gasteiger partial charge on any atom is -0.335 e. The van der Waals surface area contributed by atoms with E-state index in [1.807, 2.05) is 30.0 Å². The average Bonchev–Trinajstić information content (AvgIpc) is 2.40. The molecule has 2 nitrogen and oxygen atoms in total. The SMILES string of the molecule is C/C=C/C(=O)N1CC=C(c2ccccc2)CC1. The Hall–Kier alpha value is -1.83. The second-order valence-corrected chi connectivity index (χ2v) is 4.13. The topological polar surface area (TPSA) is 20.3 Å². The summed E-state index contributed by atoms with van der Waals surface area (Å²) in [6.45, 7) is 3.39. The molecule has 0 aliphatic carbocycles. The lowest BCUT2D eigenvalue weighted by Crippen LogP contribution is -2.33. The molecule has 0 atom stereocenters. The van der Waals surface area contributed by atoms with E-state index in [0.29, 0.717) is 6.54 Å². The summed E-state index contributed by atoms with van der Waals surface area (Å²) in [7, 11) is 0. The zero-order valence-electron chi connectivity index (χ0n) is 10.1. The van der Waals surface area contributed by atoms with Crippen molar-refractivity contribution in [3.05, 3.63) is 54.1 Å². The third kappa shape index (κ3) is 2.84. The van der Waals surface area contributed by atoms with Crippen LogP contribution in [0, 0.1) is 0 Å². The Labute approximate surface area is 102 Å². The lowest BCUT2D eigenvalue weighted by Gasteiger charge is -2.25. The molecule has 2 rings (SSSR count). The fraction of sp³-hybridized carbons (Fsp3) is 0.267. The predicted molar refractivity (Wildman–Crippen MR) is 70.4 cm³/mol. The van der Waals surface area contributed by atoms with Crippen molar-refractivity contribution in [1.82, 2.24) is 4.90 Å². The largest absolute Gasteiger partial charge is 0.335 e. The van der Waals surface area contributed by atoms with Gasteiger partial charge in [-0.2, -0.15) is 0 Å². The van der Waals surface area contributed by atoms with Crippen LogP contribution >= 0.6 is 0 Å². The quantitative estimate of drug-likeness (QED) is 0.711. The first-order valence-corrected chi connectivity index (χ1v) is 5.97. The summed E-state index contributed by atoms with van der Waals surface area (Å²) < 4.78 is 0. The molecule has 0 N–H and O–H groups in total. The van der Waals surface area contributed by atoms with Gasteiger partial charge in [0, 0.05) is 13.1 Å². The van der Waals surface area contributed by atoms with Crippen LogP contribution in [0.4, 0.5) is 0 Å². The Bertz CT molecular complexity index is 445. The van der Waals surface area contributed by atoms with Crippen molar-refractivity contribution >= 4 is 11.5 Å². The second-order valence-electron chi connectivity index (χ2n) is 4.13. The van der Waals surface area contributed by atoms with Crippen molar-refractivity contribution < 1.29 is 4.79 Å². The van der Waals surface area contributed by atoms with Crippen molar-refractivity contribution in [3.8, 4) is 0 Å². The van der Waals surface area contributed by atoms with E-state index in [0.717, 1.165) is 13.0 Å². The van der Waals surface area contributed by atoms with Gasteiger partial charge >= 0.3 is 0 Å². The molecule has 1 aromatic rings. The van der Waals surface area contributed by atoms with Gasteiger partial charge in [-0.3, -0.25) is 4.79 Å².